The molecule has 0 saturated heterocycles. The van der Waals surface area contributed by atoms with Gasteiger partial charge < -0.3 is 19.9 Å². The molecule has 0 saturated carbocycles. The summed E-state index contributed by atoms with van der Waals surface area (Å²) < 4.78 is 10.5. The molecule has 2 rings (SSSR count). The molecule has 0 heterocycles. The van der Waals surface area contributed by atoms with Crippen molar-refractivity contribution in [2.45, 2.75) is 12.2 Å². The molecule has 2 N–H and O–H groups in total. The predicted octanol–water partition coefficient (Wildman–Crippen LogP) is 3.20. The highest BCUT2D eigenvalue weighted by Gasteiger charge is 2.11. The third-order valence-electron chi connectivity index (χ3n) is 3.54. The van der Waals surface area contributed by atoms with Gasteiger partial charge in [0.05, 0.1) is 26.4 Å². The Balaban J connectivity index is 2.00. The van der Waals surface area contributed by atoms with Gasteiger partial charge in [0.25, 0.3) is 0 Å². The second-order valence-electron chi connectivity index (χ2n) is 5.49. The number of nitrogens with one attached hydrogen (secondary N) is 1. The largest absolute Gasteiger partial charge is 0.497 e. The van der Waals surface area contributed by atoms with Gasteiger partial charge in [0.2, 0.25) is 5.91 Å². The Morgan fingerprint density at radius 2 is 1.92 bits per heavy atom. The Hall–Kier alpha value is -2.67. The maximum absolute atomic E-state index is 12.4. The molecule has 0 atom stereocenters. The molecule has 7 heteroatoms. The first-order chi connectivity index (χ1) is 12.5. The molecule has 0 bridgehead atoms. The number of ether oxygens (including phenoxy) is 2. The Labute approximate surface area is 156 Å². The monoisotopic (exact) mass is 375 g/mol. The maximum Gasteiger partial charge on any atom is 0.313 e. The number of hydrogen-bond donors (Lipinski definition) is 2. The van der Waals surface area contributed by atoms with Crippen LogP contribution in [0.1, 0.15) is 11.1 Å². The Morgan fingerprint density at radius 1 is 1.12 bits per heavy atom. The van der Waals surface area contributed by atoms with Crippen molar-refractivity contribution in [1.82, 2.24) is 0 Å². The fourth-order valence-corrected chi connectivity index (χ4v) is 3.09. The summed E-state index contributed by atoms with van der Waals surface area (Å²) in [5, 5.41) is 11.5. The second kappa shape index (κ2) is 9.72. The summed E-state index contributed by atoms with van der Waals surface area (Å²) in [5.41, 5.74) is 2.36. The minimum Gasteiger partial charge on any atom is -0.497 e. The maximum atomic E-state index is 12.4. The van der Waals surface area contributed by atoms with Crippen LogP contribution in [0.5, 0.6) is 11.5 Å². The van der Waals surface area contributed by atoms with E-state index in [2.05, 4.69) is 5.32 Å². The number of benzene rings is 2. The normalized spacial score (nSPS) is 10.2. The third kappa shape index (κ3) is 6.00. The second-order valence-corrected chi connectivity index (χ2v) is 6.48. The van der Waals surface area contributed by atoms with Gasteiger partial charge in [0, 0.05) is 17.0 Å². The van der Waals surface area contributed by atoms with Crippen LogP contribution in [0, 0.1) is 0 Å². The average molecular weight is 375 g/mol. The summed E-state index contributed by atoms with van der Waals surface area (Å²) in [4.78, 5) is 23.0. The molecule has 6 nitrogen and oxygen atoms in total. The van der Waals surface area contributed by atoms with Crippen LogP contribution in [0.2, 0.25) is 0 Å². The fraction of sp³-hybridized carbons (Fsp3) is 0.263. The fourth-order valence-electron chi connectivity index (χ4n) is 2.39. The van der Waals surface area contributed by atoms with E-state index in [1.807, 2.05) is 18.2 Å². The number of carboxylic acids is 1. The van der Waals surface area contributed by atoms with Crippen LogP contribution in [-0.2, 0) is 21.8 Å². The molecule has 0 aromatic heterocycles. The smallest absolute Gasteiger partial charge is 0.313 e. The average Bonchev–Trinajstić information content (AvgIpc) is 2.61. The van der Waals surface area contributed by atoms with E-state index < -0.39 is 5.97 Å². The molecule has 1 amide bonds. The number of amides is 1. The number of rotatable bonds is 9. The van der Waals surface area contributed by atoms with E-state index in [1.165, 1.54) is 11.8 Å². The highest BCUT2D eigenvalue weighted by atomic mass is 32.2. The van der Waals surface area contributed by atoms with Crippen LogP contribution < -0.4 is 14.8 Å². The topological polar surface area (TPSA) is 84.9 Å². The molecule has 0 radical (unpaired) electrons. The van der Waals surface area contributed by atoms with Gasteiger partial charge in [-0.15, -0.1) is 11.8 Å². The lowest BCUT2D eigenvalue weighted by Gasteiger charge is -2.11. The van der Waals surface area contributed by atoms with Crippen molar-refractivity contribution >= 4 is 29.3 Å². The van der Waals surface area contributed by atoms with Crippen LogP contribution in [-0.4, -0.2) is 37.0 Å². The molecule has 26 heavy (non-hydrogen) atoms. The Morgan fingerprint density at radius 3 is 2.62 bits per heavy atom. The van der Waals surface area contributed by atoms with Crippen molar-refractivity contribution < 1.29 is 24.2 Å². The van der Waals surface area contributed by atoms with Gasteiger partial charge in [-0.25, -0.2) is 0 Å². The van der Waals surface area contributed by atoms with Crippen LogP contribution in [0.15, 0.2) is 42.5 Å². The number of anilines is 1. The lowest BCUT2D eigenvalue weighted by Crippen LogP contribution is -2.15. The third-order valence-corrected chi connectivity index (χ3v) is 4.53. The van der Waals surface area contributed by atoms with Gasteiger partial charge >= 0.3 is 5.97 Å². The van der Waals surface area contributed by atoms with E-state index in [0.29, 0.717) is 22.9 Å². The van der Waals surface area contributed by atoms with Crippen molar-refractivity contribution in [3.8, 4) is 11.5 Å². The quantitative estimate of drug-likeness (QED) is 0.700. The molecule has 138 valence electrons. The van der Waals surface area contributed by atoms with Crippen molar-refractivity contribution in [3.05, 3.63) is 53.6 Å². The van der Waals surface area contributed by atoms with Crippen molar-refractivity contribution in [2.75, 3.05) is 25.3 Å². The molecule has 0 spiro atoms. The molecule has 2 aromatic carbocycles. The molecule has 2 aromatic rings. The highest BCUT2D eigenvalue weighted by molar-refractivity contribution is 7.99. The van der Waals surface area contributed by atoms with E-state index in [1.54, 1.807) is 38.5 Å². The SMILES string of the molecule is COc1ccc(OC)c(CC(=O)Nc2cccc(CSCC(=O)O)c2)c1. The number of aliphatic carboxylic acids is 1. The van der Waals surface area contributed by atoms with E-state index >= 15 is 0 Å². The van der Waals surface area contributed by atoms with Gasteiger partial charge in [-0.2, -0.15) is 0 Å². The summed E-state index contributed by atoms with van der Waals surface area (Å²) in [6.45, 7) is 0. The van der Waals surface area contributed by atoms with Crippen LogP contribution in [0.25, 0.3) is 0 Å². The Kier molecular flexibility index (Phi) is 7.35. The molecular weight excluding hydrogens is 354 g/mol. The first kappa shape index (κ1) is 19.7. The predicted molar refractivity (Wildman–Crippen MR) is 102 cm³/mol. The minimum atomic E-state index is -0.841. The summed E-state index contributed by atoms with van der Waals surface area (Å²) in [5.74, 6) is 0.885. The molecule has 0 aliphatic carbocycles. The zero-order valence-corrected chi connectivity index (χ0v) is 15.5. The van der Waals surface area contributed by atoms with E-state index in [-0.39, 0.29) is 18.1 Å². The lowest BCUT2D eigenvalue weighted by atomic mass is 10.1. The van der Waals surface area contributed by atoms with E-state index in [0.717, 1.165) is 11.1 Å². The van der Waals surface area contributed by atoms with Crippen LogP contribution >= 0.6 is 11.8 Å². The van der Waals surface area contributed by atoms with E-state index in [4.69, 9.17) is 14.6 Å². The van der Waals surface area contributed by atoms with Gasteiger partial charge in [0.15, 0.2) is 0 Å². The zero-order valence-electron chi connectivity index (χ0n) is 14.7. The lowest BCUT2D eigenvalue weighted by molar-refractivity contribution is -0.133. The summed E-state index contributed by atoms with van der Waals surface area (Å²) in [6, 6.07) is 12.7. The molecule has 0 aliphatic heterocycles. The van der Waals surface area contributed by atoms with Crippen LogP contribution in [0.4, 0.5) is 5.69 Å². The first-order valence-electron chi connectivity index (χ1n) is 7.91. The molecular formula is C19H21NO5S. The zero-order chi connectivity index (χ0) is 18.9. The van der Waals surface area contributed by atoms with Crippen molar-refractivity contribution in [2.24, 2.45) is 0 Å². The Bertz CT molecular complexity index is 778. The van der Waals surface area contributed by atoms with E-state index in [9.17, 15) is 9.59 Å². The minimum absolute atomic E-state index is 0.0478. The van der Waals surface area contributed by atoms with Gasteiger partial charge in [-0.1, -0.05) is 12.1 Å². The number of hydrogen-bond acceptors (Lipinski definition) is 5. The standard InChI is InChI=1S/C19H21NO5S/c1-24-16-6-7-17(25-2)14(9-16)10-18(21)20-15-5-3-4-13(8-15)11-26-12-19(22)23/h3-9H,10-12H2,1-2H3,(H,20,21)(H,22,23). The number of methoxy groups -OCH3 is 2. The van der Waals surface area contributed by atoms with Gasteiger partial charge in [-0.05, 0) is 35.9 Å². The highest BCUT2D eigenvalue weighted by Crippen LogP contribution is 2.25. The van der Waals surface area contributed by atoms with Crippen molar-refractivity contribution in [1.29, 1.82) is 0 Å². The molecule has 0 aliphatic rings. The summed E-state index contributed by atoms with van der Waals surface area (Å²) in [7, 11) is 3.13. The van der Waals surface area contributed by atoms with Crippen molar-refractivity contribution in [3.63, 3.8) is 0 Å². The first-order valence-corrected chi connectivity index (χ1v) is 9.06. The number of carboxylic acid groups (broad SMARTS) is 1. The molecule has 0 fully saturated rings. The number of carbonyl (C=O) groups excluding carboxylic acids is 1. The number of thioether (sulfide) groups is 1. The van der Waals surface area contributed by atoms with Crippen LogP contribution in [0.3, 0.4) is 0 Å². The van der Waals surface area contributed by atoms with Gasteiger partial charge in [-0.3, -0.25) is 9.59 Å². The summed E-state index contributed by atoms with van der Waals surface area (Å²) >= 11 is 1.31. The number of carbonyl (C=O) groups is 2. The molecule has 0 unspecified atom stereocenters. The van der Waals surface area contributed by atoms with Gasteiger partial charge in [0.1, 0.15) is 11.5 Å². The summed E-state index contributed by atoms with van der Waals surface area (Å²) in [6.07, 6.45) is 0.151.